The molecule has 1 saturated heterocycles. The van der Waals surface area contributed by atoms with Crippen molar-refractivity contribution in [2.45, 2.75) is 45.6 Å². The fraction of sp³-hybridized carbons (Fsp3) is 0.526. The molecule has 1 fully saturated rings. The van der Waals surface area contributed by atoms with Gasteiger partial charge in [0, 0.05) is 24.7 Å². The lowest BCUT2D eigenvalue weighted by Crippen LogP contribution is -2.40. The van der Waals surface area contributed by atoms with Gasteiger partial charge in [0.2, 0.25) is 5.91 Å². The van der Waals surface area contributed by atoms with Crippen LogP contribution in [-0.2, 0) is 17.8 Å². The molecule has 0 bridgehead atoms. The molecular formula is C19H25ClN4OS. The highest BCUT2D eigenvalue weighted by atomic mass is 35.5. The van der Waals surface area contributed by atoms with Gasteiger partial charge in [-0.2, -0.15) is 0 Å². The molecule has 5 nitrogen and oxygen atoms in total. The lowest BCUT2D eigenvalue weighted by Gasteiger charge is -2.31. The first kappa shape index (κ1) is 19.3. The average Bonchev–Trinajstić information content (AvgIpc) is 3.09. The number of carbonyl (C=O) groups is 1. The predicted molar refractivity (Wildman–Crippen MR) is 107 cm³/mol. The molecule has 1 aliphatic rings. The Kier molecular flexibility index (Phi) is 7.00. The van der Waals surface area contributed by atoms with Crippen LogP contribution in [0.2, 0.25) is 5.02 Å². The Morgan fingerprint density at radius 2 is 2.35 bits per heavy atom. The summed E-state index contributed by atoms with van der Waals surface area (Å²) in [6, 6.07) is 3.46. The second-order valence-corrected chi connectivity index (χ2v) is 8.14. The third-order valence-electron chi connectivity index (χ3n) is 4.58. The molecule has 3 heterocycles. The van der Waals surface area contributed by atoms with E-state index in [0.717, 1.165) is 44.6 Å². The van der Waals surface area contributed by atoms with E-state index in [9.17, 15) is 4.79 Å². The van der Waals surface area contributed by atoms with E-state index in [0.29, 0.717) is 10.8 Å². The smallest absolute Gasteiger partial charge is 0.229 e. The Hall–Kier alpha value is -1.50. The van der Waals surface area contributed by atoms with Crippen molar-refractivity contribution in [2.24, 2.45) is 5.92 Å². The molecule has 3 rings (SSSR count). The van der Waals surface area contributed by atoms with Crippen LogP contribution in [0.5, 0.6) is 0 Å². The fourth-order valence-corrected chi connectivity index (χ4v) is 4.13. The zero-order valence-corrected chi connectivity index (χ0v) is 16.7. The van der Waals surface area contributed by atoms with Crippen molar-refractivity contribution in [3.63, 3.8) is 0 Å². The van der Waals surface area contributed by atoms with Crippen molar-refractivity contribution in [2.75, 3.05) is 18.4 Å². The van der Waals surface area contributed by atoms with Gasteiger partial charge in [-0.15, -0.1) is 11.3 Å². The second kappa shape index (κ2) is 9.44. The first-order valence-electron chi connectivity index (χ1n) is 9.22. The molecule has 0 aliphatic carbocycles. The first-order chi connectivity index (χ1) is 12.6. The van der Waals surface area contributed by atoms with Gasteiger partial charge in [0.05, 0.1) is 21.6 Å². The number of anilines is 1. The number of amides is 1. The molecule has 1 amide bonds. The number of piperidine rings is 1. The maximum atomic E-state index is 12.5. The number of aryl methyl sites for hydroxylation is 1. The maximum absolute atomic E-state index is 12.5. The van der Waals surface area contributed by atoms with Gasteiger partial charge in [0.1, 0.15) is 5.82 Å². The number of likely N-dealkylation sites (tertiary alicyclic amines) is 1. The van der Waals surface area contributed by atoms with E-state index in [-0.39, 0.29) is 11.8 Å². The standard InChI is InChI=1S/C19H25ClN4OS/c1-2-3-6-18-22-16(13-26-18)12-24-9-4-5-14(11-24)19(25)23-17-8-7-15(20)10-21-17/h7-8,10,13-14H,2-6,9,11-12H2,1H3,(H,21,23,25). The van der Waals surface area contributed by atoms with Crippen LogP contribution >= 0.6 is 22.9 Å². The Bertz CT molecular complexity index is 719. The lowest BCUT2D eigenvalue weighted by molar-refractivity contribution is -0.121. The Morgan fingerprint density at radius 3 is 3.12 bits per heavy atom. The molecule has 0 radical (unpaired) electrons. The monoisotopic (exact) mass is 392 g/mol. The third kappa shape index (κ3) is 5.50. The molecule has 0 spiro atoms. The number of pyridine rings is 1. The van der Waals surface area contributed by atoms with Gasteiger partial charge in [-0.3, -0.25) is 9.69 Å². The molecule has 2 aromatic heterocycles. The lowest BCUT2D eigenvalue weighted by atomic mass is 9.97. The Morgan fingerprint density at radius 1 is 1.46 bits per heavy atom. The van der Waals surface area contributed by atoms with Crippen LogP contribution in [0.4, 0.5) is 5.82 Å². The number of nitrogens with zero attached hydrogens (tertiary/aromatic N) is 3. The minimum absolute atomic E-state index is 0.0144. The van der Waals surface area contributed by atoms with Crippen molar-refractivity contribution in [3.8, 4) is 0 Å². The predicted octanol–water partition coefficient (Wildman–Crippen LogP) is 4.38. The summed E-state index contributed by atoms with van der Waals surface area (Å²) in [5.74, 6) is 0.572. The molecule has 26 heavy (non-hydrogen) atoms. The number of carbonyl (C=O) groups excluding carboxylic acids is 1. The summed E-state index contributed by atoms with van der Waals surface area (Å²) in [6.45, 7) is 4.81. The van der Waals surface area contributed by atoms with E-state index in [1.165, 1.54) is 17.8 Å². The highest BCUT2D eigenvalue weighted by molar-refractivity contribution is 7.09. The zero-order chi connectivity index (χ0) is 18.4. The summed E-state index contributed by atoms with van der Waals surface area (Å²) >= 11 is 7.59. The topological polar surface area (TPSA) is 58.1 Å². The molecule has 1 atom stereocenters. The van der Waals surface area contributed by atoms with Gasteiger partial charge in [0.25, 0.3) is 0 Å². The first-order valence-corrected chi connectivity index (χ1v) is 10.5. The fourth-order valence-electron chi connectivity index (χ4n) is 3.18. The van der Waals surface area contributed by atoms with Crippen molar-refractivity contribution in [3.05, 3.63) is 39.4 Å². The maximum Gasteiger partial charge on any atom is 0.229 e. The van der Waals surface area contributed by atoms with E-state index in [1.54, 1.807) is 29.7 Å². The van der Waals surface area contributed by atoms with Crippen LogP contribution in [0.1, 0.15) is 43.3 Å². The van der Waals surface area contributed by atoms with Gasteiger partial charge in [-0.25, -0.2) is 9.97 Å². The van der Waals surface area contributed by atoms with E-state index in [1.807, 2.05) is 0 Å². The van der Waals surface area contributed by atoms with E-state index in [4.69, 9.17) is 16.6 Å². The summed E-state index contributed by atoms with van der Waals surface area (Å²) in [6.07, 6.45) is 6.94. The number of hydrogen-bond donors (Lipinski definition) is 1. The number of rotatable bonds is 7. The van der Waals surface area contributed by atoms with E-state index < -0.39 is 0 Å². The number of halogens is 1. The molecule has 1 aliphatic heterocycles. The van der Waals surface area contributed by atoms with Crippen LogP contribution in [0.25, 0.3) is 0 Å². The highest BCUT2D eigenvalue weighted by Crippen LogP contribution is 2.21. The Labute approximate surface area is 163 Å². The van der Waals surface area contributed by atoms with Crippen molar-refractivity contribution < 1.29 is 4.79 Å². The van der Waals surface area contributed by atoms with Gasteiger partial charge >= 0.3 is 0 Å². The average molecular weight is 393 g/mol. The number of aromatic nitrogens is 2. The van der Waals surface area contributed by atoms with Crippen LogP contribution in [0, 0.1) is 5.92 Å². The summed E-state index contributed by atoms with van der Waals surface area (Å²) in [5.41, 5.74) is 1.13. The van der Waals surface area contributed by atoms with Crippen LogP contribution in [0.3, 0.4) is 0 Å². The van der Waals surface area contributed by atoms with Crippen LogP contribution in [0.15, 0.2) is 23.7 Å². The molecule has 1 N–H and O–H groups in total. The number of unbranched alkanes of at least 4 members (excludes halogenated alkanes) is 1. The zero-order valence-electron chi connectivity index (χ0n) is 15.1. The van der Waals surface area contributed by atoms with Gasteiger partial charge < -0.3 is 5.32 Å². The molecule has 2 aromatic rings. The minimum Gasteiger partial charge on any atom is -0.310 e. The van der Waals surface area contributed by atoms with Crippen molar-refractivity contribution >= 4 is 34.7 Å². The van der Waals surface area contributed by atoms with Crippen molar-refractivity contribution in [1.29, 1.82) is 0 Å². The summed E-state index contributed by atoms with van der Waals surface area (Å²) in [4.78, 5) is 23.8. The summed E-state index contributed by atoms with van der Waals surface area (Å²) in [7, 11) is 0. The molecule has 0 aromatic carbocycles. The van der Waals surface area contributed by atoms with Gasteiger partial charge in [0.15, 0.2) is 0 Å². The SMILES string of the molecule is CCCCc1nc(CN2CCCC(C(=O)Nc3ccc(Cl)cn3)C2)cs1. The number of hydrogen-bond acceptors (Lipinski definition) is 5. The quantitative estimate of drug-likeness (QED) is 0.759. The number of nitrogens with one attached hydrogen (secondary N) is 1. The van der Waals surface area contributed by atoms with E-state index >= 15 is 0 Å². The van der Waals surface area contributed by atoms with Crippen LogP contribution < -0.4 is 5.32 Å². The van der Waals surface area contributed by atoms with Crippen molar-refractivity contribution in [1.82, 2.24) is 14.9 Å². The van der Waals surface area contributed by atoms with Gasteiger partial charge in [-0.05, 0) is 44.4 Å². The third-order valence-corrected chi connectivity index (χ3v) is 5.77. The summed E-state index contributed by atoms with van der Waals surface area (Å²) in [5, 5.41) is 6.85. The largest absolute Gasteiger partial charge is 0.310 e. The van der Waals surface area contributed by atoms with E-state index in [2.05, 4.69) is 27.5 Å². The normalized spacial score (nSPS) is 18.0. The molecule has 1 unspecified atom stereocenters. The highest BCUT2D eigenvalue weighted by Gasteiger charge is 2.26. The second-order valence-electron chi connectivity index (χ2n) is 6.76. The summed E-state index contributed by atoms with van der Waals surface area (Å²) < 4.78 is 0. The number of thiazole rings is 1. The van der Waals surface area contributed by atoms with Crippen LogP contribution in [-0.4, -0.2) is 33.9 Å². The molecule has 140 valence electrons. The van der Waals surface area contributed by atoms with Gasteiger partial charge in [-0.1, -0.05) is 24.9 Å². The molecular weight excluding hydrogens is 368 g/mol. The Balaban J connectivity index is 1.52. The minimum atomic E-state index is -0.0144. The molecule has 7 heteroatoms. The molecule has 0 saturated carbocycles.